The molecule has 0 aliphatic rings. The van der Waals surface area contributed by atoms with Gasteiger partial charge in [0.25, 0.3) is 0 Å². The highest BCUT2D eigenvalue weighted by Crippen LogP contribution is 2.27. The number of rotatable bonds is 4. The van der Waals surface area contributed by atoms with Crippen LogP contribution in [0.5, 0.6) is 5.75 Å². The zero-order chi connectivity index (χ0) is 12.3. The van der Waals surface area contributed by atoms with Crippen molar-refractivity contribution >= 4 is 11.3 Å². The van der Waals surface area contributed by atoms with E-state index in [4.69, 9.17) is 4.74 Å². The van der Waals surface area contributed by atoms with Gasteiger partial charge in [-0.2, -0.15) is 0 Å². The van der Waals surface area contributed by atoms with Crippen LogP contribution in [-0.2, 0) is 6.42 Å². The maximum Gasteiger partial charge on any atom is 0.122 e. The second kappa shape index (κ2) is 5.29. The molecule has 0 amide bonds. The van der Waals surface area contributed by atoms with Crippen molar-refractivity contribution in [1.29, 1.82) is 0 Å². The number of nitrogens with zero attached hydrogens (tertiary/aromatic N) is 1. The molecule has 2 rings (SSSR count). The van der Waals surface area contributed by atoms with Gasteiger partial charge in [0.15, 0.2) is 0 Å². The third-order valence-corrected chi connectivity index (χ3v) is 3.59. The van der Waals surface area contributed by atoms with Crippen LogP contribution in [0.25, 0.3) is 0 Å². The van der Waals surface area contributed by atoms with E-state index in [1.54, 1.807) is 13.3 Å². The van der Waals surface area contributed by atoms with Crippen LogP contribution in [0.1, 0.15) is 21.6 Å². The van der Waals surface area contributed by atoms with Gasteiger partial charge < -0.3 is 9.84 Å². The molecule has 4 heteroatoms. The highest BCUT2D eigenvalue weighted by atomic mass is 32.1. The van der Waals surface area contributed by atoms with Crippen molar-refractivity contribution in [1.82, 2.24) is 4.98 Å². The van der Waals surface area contributed by atoms with Gasteiger partial charge in [-0.3, -0.25) is 0 Å². The molecule has 0 fully saturated rings. The van der Waals surface area contributed by atoms with E-state index in [0.717, 1.165) is 21.2 Å². The first-order chi connectivity index (χ1) is 8.20. The van der Waals surface area contributed by atoms with E-state index in [2.05, 4.69) is 4.98 Å². The molecule has 1 unspecified atom stereocenters. The molecular formula is C13H15NO2S. The molecule has 0 saturated heterocycles. The quantitative estimate of drug-likeness (QED) is 0.906. The van der Waals surface area contributed by atoms with Crippen LogP contribution in [0.15, 0.2) is 30.5 Å². The summed E-state index contributed by atoms with van der Waals surface area (Å²) < 4.78 is 5.26. The normalized spacial score (nSPS) is 12.4. The third kappa shape index (κ3) is 2.84. The molecule has 1 N–H and O–H groups in total. The number of benzene rings is 1. The third-order valence-electron chi connectivity index (χ3n) is 2.57. The summed E-state index contributed by atoms with van der Waals surface area (Å²) in [6.45, 7) is 1.93. The lowest BCUT2D eigenvalue weighted by Crippen LogP contribution is -2.01. The number of hydrogen-bond acceptors (Lipinski definition) is 4. The Labute approximate surface area is 105 Å². The summed E-state index contributed by atoms with van der Waals surface area (Å²) in [5, 5.41) is 11.1. The molecule has 0 aliphatic heterocycles. The van der Waals surface area contributed by atoms with Gasteiger partial charge in [0.05, 0.1) is 23.1 Å². The van der Waals surface area contributed by atoms with Crippen LogP contribution < -0.4 is 4.74 Å². The molecule has 90 valence electrons. The van der Waals surface area contributed by atoms with Crippen molar-refractivity contribution in [3.05, 3.63) is 45.9 Å². The van der Waals surface area contributed by atoms with Gasteiger partial charge in [-0.05, 0) is 18.6 Å². The van der Waals surface area contributed by atoms with E-state index in [9.17, 15) is 5.11 Å². The summed E-state index contributed by atoms with van der Waals surface area (Å²) in [4.78, 5) is 5.05. The molecule has 0 saturated carbocycles. The molecule has 17 heavy (non-hydrogen) atoms. The lowest BCUT2D eigenvalue weighted by Gasteiger charge is -2.11. The lowest BCUT2D eigenvalue weighted by atomic mass is 10.1. The average molecular weight is 249 g/mol. The van der Waals surface area contributed by atoms with Crippen molar-refractivity contribution < 1.29 is 9.84 Å². The summed E-state index contributed by atoms with van der Waals surface area (Å²) in [6.07, 6.45) is 1.77. The zero-order valence-electron chi connectivity index (χ0n) is 9.88. The number of aromatic nitrogens is 1. The summed E-state index contributed by atoms with van der Waals surface area (Å²) in [5.74, 6) is 0.813. The maximum atomic E-state index is 10.1. The number of aliphatic hydroxyl groups is 1. The summed E-state index contributed by atoms with van der Waals surface area (Å²) in [7, 11) is 1.64. The Morgan fingerprint density at radius 3 is 2.82 bits per heavy atom. The number of aryl methyl sites for hydroxylation is 1. The first kappa shape index (κ1) is 12.1. The minimum absolute atomic E-state index is 0.516. The van der Waals surface area contributed by atoms with Crippen LogP contribution >= 0.6 is 11.3 Å². The number of methoxy groups -OCH3 is 1. The Kier molecular flexibility index (Phi) is 3.76. The molecule has 1 heterocycles. The van der Waals surface area contributed by atoms with Gasteiger partial charge in [0.2, 0.25) is 0 Å². The Hall–Kier alpha value is -1.39. The van der Waals surface area contributed by atoms with Crippen LogP contribution in [0.2, 0.25) is 0 Å². The Morgan fingerprint density at radius 2 is 2.18 bits per heavy atom. The first-order valence-corrected chi connectivity index (χ1v) is 6.24. The Balaban J connectivity index is 2.15. The second-order valence-corrected chi connectivity index (χ2v) is 5.08. The van der Waals surface area contributed by atoms with Crippen molar-refractivity contribution in [2.75, 3.05) is 7.11 Å². The highest BCUT2D eigenvalue weighted by Gasteiger charge is 2.13. The van der Waals surface area contributed by atoms with E-state index in [1.807, 2.05) is 31.2 Å². The molecular weight excluding hydrogens is 234 g/mol. The van der Waals surface area contributed by atoms with Crippen LogP contribution in [0.4, 0.5) is 0 Å². The van der Waals surface area contributed by atoms with Gasteiger partial charge in [0, 0.05) is 12.6 Å². The summed E-state index contributed by atoms with van der Waals surface area (Å²) in [6, 6.07) is 7.74. The molecule has 1 aromatic heterocycles. The number of hydrogen-bond donors (Lipinski definition) is 1. The molecule has 2 aromatic rings. The van der Waals surface area contributed by atoms with E-state index < -0.39 is 6.10 Å². The molecule has 0 radical (unpaired) electrons. The Morgan fingerprint density at radius 1 is 1.41 bits per heavy atom. The maximum absolute atomic E-state index is 10.1. The van der Waals surface area contributed by atoms with Crippen molar-refractivity contribution in [2.45, 2.75) is 19.4 Å². The van der Waals surface area contributed by atoms with Crippen LogP contribution in [0, 0.1) is 6.92 Å². The fourth-order valence-corrected chi connectivity index (χ4v) is 2.48. The van der Waals surface area contributed by atoms with Gasteiger partial charge in [-0.1, -0.05) is 18.2 Å². The number of ether oxygens (including phenoxy) is 1. The van der Waals surface area contributed by atoms with Crippen molar-refractivity contribution in [2.24, 2.45) is 0 Å². The van der Waals surface area contributed by atoms with Gasteiger partial charge >= 0.3 is 0 Å². The van der Waals surface area contributed by atoms with Crippen LogP contribution in [0.3, 0.4) is 0 Å². The van der Waals surface area contributed by atoms with Gasteiger partial charge in [0.1, 0.15) is 5.75 Å². The fraction of sp³-hybridized carbons (Fsp3) is 0.308. The SMILES string of the molecule is COc1ccccc1CC(O)c1cnc(C)s1. The largest absolute Gasteiger partial charge is 0.496 e. The number of aliphatic hydroxyl groups excluding tert-OH is 1. The molecule has 1 aromatic carbocycles. The van der Waals surface area contributed by atoms with Crippen LogP contribution in [-0.4, -0.2) is 17.2 Å². The Bertz CT molecular complexity index is 496. The predicted molar refractivity (Wildman–Crippen MR) is 68.5 cm³/mol. The summed E-state index contributed by atoms with van der Waals surface area (Å²) >= 11 is 1.53. The molecule has 0 spiro atoms. The number of para-hydroxylation sites is 1. The first-order valence-electron chi connectivity index (χ1n) is 5.43. The topological polar surface area (TPSA) is 42.4 Å². The van der Waals surface area contributed by atoms with Gasteiger partial charge in [-0.25, -0.2) is 4.98 Å². The standard InChI is InChI=1S/C13H15NO2S/c1-9-14-8-13(17-9)11(15)7-10-5-3-4-6-12(10)16-2/h3-6,8,11,15H,7H2,1-2H3. The van der Waals surface area contributed by atoms with Crippen molar-refractivity contribution in [3.8, 4) is 5.75 Å². The van der Waals surface area contributed by atoms with E-state index in [-0.39, 0.29) is 0 Å². The summed E-state index contributed by atoms with van der Waals surface area (Å²) in [5.41, 5.74) is 1.01. The minimum atomic E-state index is -0.516. The van der Waals surface area contributed by atoms with Crippen molar-refractivity contribution in [3.63, 3.8) is 0 Å². The van der Waals surface area contributed by atoms with E-state index >= 15 is 0 Å². The van der Waals surface area contributed by atoms with E-state index in [0.29, 0.717) is 6.42 Å². The minimum Gasteiger partial charge on any atom is -0.496 e. The fourth-order valence-electron chi connectivity index (χ4n) is 1.71. The lowest BCUT2D eigenvalue weighted by molar-refractivity contribution is 0.181. The predicted octanol–water partition coefficient (Wildman–Crippen LogP) is 2.74. The molecule has 0 aliphatic carbocycles. The second-order valence-electron chi connectivity index (χ2n) is 3.81. The molecule has 1 atom stereocenters. The number of thiazole rings is 1. The molecule has 0 bridgehead atoms. The monoisotopic (exact) mass is 249 g/mol. The molecule has 3 nitrogen and oxygen atoms in total. The van der Waals surface area contributed by atoms with E-state index in [1.165, 1.54) is 11.3 Å². The highest BCUT2D eigenvalue weighted by molar-refractivity contribution is 7.11. The smallest absolute Gasteiger partial charge is 0.122 e. The van der Waals surface area contributed by atoms with Gasteiger partial charge in [-0.15, -0.1) is 11.3 Å². The average Bonchev–Trinajstić information content (AvgIpc) is 2.77. The zero-order valence-corrected chi connectivity index (χ0v) is 10.7.